The van der Waals surface area contributed by atoms with Crippen molar-refractivity contribution < 1.29 is 14.4 Å². The summed E-state index contributed by atoms with van der Waals surface area (Å²) in [4.78, 5) is 39.8. The molecule has 0 radical (unpaired) electrons. The number of carbonyl (C=O) groups is 3. The molecule has 0 aromatic heterocycles. The lowest BCUT2D eigenvalue weighted by atomic mass is 9.69. The molecule has 0 spiro atoms. The minimum absolute atomic E-state index is 0.115. The summed E-state index contributed by atoms with van der Waals surface area (Å²) in [7, 11) is 0. The number of amides is 2. The van der Waals surface area contributed by atoms with Crippen LogP contribution in [-0.2, 0) is 9.59 Å². The maximum absolute atomic E-state index is 12.9. The Morgan fingerprint density at radius 2 is 1.66 bits per heavy atom. The molecule has 5 nitrogen and oxygen atoms in total. The third-order valence-corrected chi connectivity index (χ3v) is 6.71. The minimum Gasteiger partial charge on any atom is -0.298 e. The van der Waals surface area contributed by atoms with E-state index in [1.54, 1.807) is 24.3 Å². The third-order valence-electron chi connectivity index (χ3n) is 6.71. The Morgan fingerprint density at radius 1 is 1.00 bits per heavy atom. The van der Waals surface area contributed by atoms with Crippen LogP contribution < -0.4 is 5.32 Å². The van der Waals surface area contributed by atoms with E-state index in [-0.39, 0.29) is 23.5 Å². The molecule has 1 saturated heterocycles. The van der Waals surface area contributed by atoms with Gasteiger partial charge >= 0.3 is 0 Å². The molecular formula is C24H34N2O3. The van der Waals surface area contributed by atoms with Crippen LogP contribution in [0, 0.1) is 17.3 Å². The lowest BCUT2D eigenvalue weighted by Gasteiger charge is -2.37. The summed E-state index contributed by atoms with van der Waals surface area (Å²) in [5.41, 5.74) is 0.773. The number of benzene rings is 1. The molecule has 2 aliphatic rings. The minimum atomic E-state index is -0.391. The van der Waals surface area contributed by atoms with Crippen molar-refractivity contribution in [2.75, 3.05) is 13.1 Å². The normalized spacial score (nSPS) is 25.6. The van der Waals surface area contributed by atoms with E-state index < -0.39 is 6.04 Å². The first-order valence-corrected chi connectivity index (χ1v) is 10.9. The maximum Gasteiger partial charge on any atom is 0.257 e. The molecule has 0 bridgehead atoms. The van der Waals surface area contributed by atoms with Gasteiger partial charge in [0.15, 0.2) is 0 Å². The number of likely N-dealkylation sites (tertiary alicyclic amines) is 1. The molecule has 1 N–H and O–H groups in total. The Hall–Kier alpha value is -2.01. The molecule has 2 fully saturated rings. The van der Waals surface area contributed by atoms with Crippen LogP contribution in [0.15, 0.2) is 30.3 Å². The quantitative estimate of drug-likeness (QED) is 0.766. The fraction of sp³-hybridized carbons (Fsp3) is 0.625. The Morgan fingerprint density at radius 3 is 2.28 bits per heavy atom. The van der Waals surface area contributed by atoms with Crippen LogP contribution in [0.1, 0.15) is 69.7 Å². The van der Waals surface area contributed by atoms with E-state index >= 15 is 0 Å². The molecule has 158 valence electrons. The van der Waals surface area contributed by atoms with Gasteiger partial charge in [-0.2, -0.15) is 0 Å². The zero-order valence-electron chi connectivity index (χ0n) is 17.9. The van der Waals surface area contributed by atoms with Crippen LogP contribution >= 0.6 is 0 Å². The topological polar surface area (TPSA) is 66.5 Å². The molecule has 1 aromatic carbocycles. The van der Waals surface area contributed by atoms with Gasteiger partial charge in [-0.3, -0.25) is 24.6 Å². The van der Waals surface area contributed by atoms with Gasteiger partial charge in [0.25, 0.3) is 5.91 Å². The lowest BCUT2D eigenvalue weighted by Crippen LogP contribution is -2.47. The summed E-state index contributed by atoms with van der Waals surface area (Å²) in [5, 5.41) is 2.51. The molecule has 0 unspecified atom stereocenters. The fourth-order valence-electron chi connectivity index (χ4n) is 4.78. The molecule has 1 heterocycles. The summed E-state index contributed by atoms with van der Waals surface area (Å²) >= 11 is 0. The average molecular weight is 399 g/mol. The molecule has 29 heavy (non-hydrogen) atoms. The molecule has 2 amide bonds. The molecule has 1 aliphatic carbocycles. The highest BCUT2D eigenvalue weighted by atomic mass is 16.2. The molecule has 1 aliphatic heterocycles. The molecule has 1 atom stereocenters. The van der Waals surface area contributed by atoms with Gasteiger partial charge in [-0.25, -0.2) is 0 Å². The van der Waals surface area contributed by atoms with Crippen LogP contribution in [-0.4, -0.2) is 41.6 Å². The van der Waals surface area contributed by atoms with E-state index in [0.29, 0.717) is 29.9 Å². The highest BCUT2D eigenvalue weighted by Crippen LogP contribution is 2.40. The van der Waals surface area contributed by atoms with Gasteiger partial charge < -0.3 is 0 Å². The van der Waals surface area contributed by atoms with Crippen molar-refractivity contribution in [1.29, 1.82) is 0 Å². The number of carbonyl (C=O) groups excluding carboxylic acids is 3. The summed E-state index contributed by atoms with van der Waals surface area (Å²) in [6, 6.07) is 8.36. The van der Waals surface area contributed by atoms with E-state index in [0.717, 1.165) is 38.6 Å². The van der Waals surface area contributed by atoms with Crippen molar-refractivity contribution in [3.05, 3.63) is 35.9 Å². The smallest absolute Gasteiger partial charge is 0.257 e. The van der Waals surface area contributed by atoms with Gasteiger partial charge in [0.2, 0.25) is 5.91 Å². The van der Waals surface area contributed by atoms with Crippen LogP contribution in [0.25, 0.3) is 0 Å². The van der Waals surface area contributed by atoms with Crippen molar-refractivity contribution >= 4 is 17.6 Å². The largest absolute Gasteiger partial charge is 0.298 e. The fourth-order valence-corrected chi connectivity index (χ4v) is 4.78. The van der Waals surface area contributed by atoms with E-state index in [4.69, 9.17) is 0 Å². The van der Waals surface area contributed by atoms with Gasteiger partial charge in [0.1, 0.15) is 5.78 Å². The first kappa shape index (κ1) is 21.7. The Labute approximate surface area is 174 Å². The van der Waals surface area contributed by atoms with Gasteiger partial charge in [-0.15, -0.1) is 0 Å². The standard InChI is InChI=1S/C24H34N2O3/c1-24(2,3)19-13-11-17(12-14-19)21(27)16-26-15-7-10-20(26)23(29)25-22(28)18-8-5-4-6-9-18/h4-6,8-9,17,19-20H,7,10-16H2,1-3H3,(H,25,28,29)/t17?,19?,20-/m1/s1. The Balaban J connectivity index is 1.52. The zero-order chi connectivity index (χ0) is 21.0. The van der Waals surface area contributed by atoms with Crippen LogP contribution in [0.3, 0.4) is 0 Å². The first-order chi connectivity index (χ1) is 13.8. The van der Waals surface area contributed by atoms with Crippen molar-refractivity contribution in [3.63, 3.8) is 0 Å². The number of hydrogen-bond acceptors (Lipinski definition) is 4. The summed E-state index contributed by atoms with van der Waals surface area (Å²) in [6.45, 7) is 7.90. The monoisotopic (exact) mass is 398 g/mol. The molecule has 5 heteroatoms. The van der Waals surface area contributed by atoms with Crippen molar-refractivity contribution in [2.45, 2.75) is 65.3 Å². The summed E-state index contributed by atoms with van der Waals surface area (Å²) < 4.78 is 0. The molecule has 1 aromatic rings. The zero-order valence-corrected chi connectivity index (χ0v) is 17.9. The van der Waals surface area contributed by atoms with Gasteiger partial charge in [0.05, 0.1) is 12.6 Å². The maximum atomic E-state index is 12.9. The van der Waals surface area contributed by atoms with E-state index in [1.165, 1.54) is 0 Å². The number of imide groups is 1. The highest BCUT2D eigenvalue weighted by Gasteiger charge is 2.36. The number of nitrogens with one attached hydrogen (secondary N) is 1. The lowest BCUT2D eigenvalue weighted by molar-refractivity contribution is -0.128. The average Bonchev–Trinajstić information content (AvgIpc) is 3.16. The summed E-state index contributed by atoms with van der Waals surface area (Å²) in [5.74, 6) is 0.381. The second-order valence-electron chi connectivity index (χ2n) is 9.69. The van der Waals surface area contributed by atoms with Gasteiger partial charge in [-0.1, -0.05) is 39.0 Å². The van der Waals surface area contributed by atoms with Crippen molar-refractivity contribution in [3.8, 4) is 0 Å². The third kappa shape index (κ3) is 5.53. The van der Waals surface area contributed by atoms with Crippen molar-refractivity contribution in [2.24, 2.45) is 17.3 Å². The SMILES string of the molecule is CC(C)(C)C1CCC(C(=O)CN2CCC[C@@H]2C(=O)NC(=O)c2ccccc2)CC1. The number of rotatable bonds is 5. The molecule has 1 saturated carbocycles. The summed E-state index contributed by atoms with van der Waals surface area (Å²) in [6.07, 6.45) is 5.69. The number of ketones is 1. The van der Waals surface area contributed by atoms with Gasteiger partial charge in [-0.05, 0) is 68.5 Å². The number of nitrogens with zero attached hydrogens (tertiary/aromatic N) is 1. The number of hydrogen-bond donors (Lipinski definition) is 1. The van der Waals surface area contributed by atoms with E-state index in [9.17, 15) is 14.4 Å². The number of Topliss-reactive ketones (excluding diaryl/α,β-unsaturated/α-hetero) is 1. The predicted octanol–water partition coefficient (Wildman–Crippen LogP) is 3.83. The van der Waals surface area contributed by atoms with Crippen molar-refractivity contribution in [1.82, 2.24) is 10.2 Å². The van der Waals surface area contributed by atoms with E-state index in [2.05, 4.69) is 26.1 Å². The molecule has 3 rings (SSSR count). The second kappa shape index (κ2) is 9.21. The Bertz CT molecular complexity index is 730. The predicted molar refractivity (Wildman–Crippen MR) is 113 cm³/mol. The van der Waals surface area contributed by atoms with Crippen LogP contribution in [0.5, 0.6) is 0 Å². The van der Waals surface area contributed by atoms with Gasteiger partial charge in [0, 0.05) is 11.5 Å². The highest BCUT2D eigenvalue weighted by molar-refractivity contribution is 6.06. The van der Waals surface area contributed by atoms with Crippen LogP contribution in [0.4, 0.5) is 0 Å². The molecular weight excluding hydrogens is 364 g/mol. The van der Waals surface area contributed by atoms with Crippen LogP contribution in [0.2, 0.25) is 0 Å². The van der Waals surface area contributed by atoms with E-state index in [1.807, 2.05) is 11.0 Å². The Kier molecular flexibility index (Phi) is 6.89. The first-order valence-electron chi connectivity index (χ1n) is 10.9. The second-order valence-corrected chi connectivity index (χ2v) is 9.69.